The van der Waals surface area contributed by atoms with E-state index in [1.54, 1.807) is 0 Å². The highest BCUT2D eigenvalue weighted by atomic mass is 14.8. The van der Waals surface area contributed by atoms with E-state index in [0.717, 1.165) is 12.2 Å². The lowest BCUT2D eigenvalue weighted by molar-refractivity contribution is 0.791. The summed E-state index contributed by atoms with van der Waals surface area (Å²) >= 11 is 0. The predicted octanol–water partition coefficient (Wildman–Crippen LogP) is 2.78. The molecule has 2 rings (SSSR count). The van der Waals surface area contributed by atoms with E-state index in [1.165, 1.54) is 16.7 Å². The van der Waals surface area contributed by atoms with Crippen LogP contribution < -0.4 is 5.32 Å². The van der Waals surface area contributed by atoms with Gasteiger partial charge in [0, 0.05) is 12.7 Å². The summed E-state index contributed by atoms with van der Waals surface area (Å²) < 4.78 is 0. The molecule has 0 amide bonds. The smallest absolute Gasteiger partial charge is 0.0547 e. The second-order valence-electron chi connectivity index (χ2n) is 3.94. The minimum absolute atomic E-state index is 0.805. The molecule has 1 N–H and O–H groups in total. The van der Waals surface area contributed by atoms with Crippen LogP contribution in [0.5, 0.6) is 0 Å². The molecule has 0 radical (unpaired) electrons. The summed E-state index contributed by atoms with van der Waals surface area (Å²) in [4.78, 5) is 4.31. The minimum atomic E-state index is 0.805. The van der Waals surface area contributed by atoms with E-state index in [4.69, 9.17) is 0 Å². The highest BCUT2D eigenvalue weighted by molar-refractivity contribution is 5.64. The average Bonchev–Trinajstić information content (AvgIpc) is 2.30. The zero-order chi connectivity index (χ0) is 11.4. The van der Waals surface area contributed by atoms with E-state index in [1.807, 2.05) is 19.3 Å². The molecule has 16 heavy (non-hydrogen) atoms. The summed E-state index contributed by atoms with van der Waals surface area (Å²) in [5.74, 6) is 0. The summed E-state index contributed by atoms with van der Waals surface area (Å²) in [6.07, 6.45) is 1.87. The SMILES string of the molecule is CNCc1cc(-c2cccc(C)c2)ccn1. The lowest BCUT2D eigenvalue weighted by atomic mass is 10.0. The molecule has 1 aromatic carbocycles. The number of nitrogens with one attached hydrogen (secondary N) is 1. The number of aryl methyl sites for hydroxylation is 1. The van der Waals surface area contributed by atoms with Crippen LogP contribution in [-0.2, 0) is 6.54 Å². The highest BCUT2D eigenvalue weighted by Crippen LogP contribution is 2.20. The van der Waals surface area contributed by atoms with Crippen LogP contribution in [0.15, 0.2) is 42.6 Å². The molecule has 0 aliphatic heterocycles. The highest BCUT2D eigenvalue weighted by Gasteiger charge is 1.99. The summed E-state index contributed by atoms with van der Waals surface area (Å²) in [5.41, 5.74) is 4.83. The molecule has 0 aliphatic rings. The number of nitrogens with zero attached hydrogens (tertiary/aromatic N) is 1. The molecule has 0 saturated carbocycles. The number of benzene rings is 1. The fourth-order valence-electron chi connectivity index (χ4n) is 1.76. The molecule has 0 aliphatic carbocycles. The van der Waals surface area contributed by atoms with Crippen molar-refractivity contribution in [3.8, 4) is 11.1 Å². The quantitative estimate of drug-likeness (QED) is 0.846. The monoisotopic (exact) mass is 212 g/mol. The lowest BCUT2D eigenvalue weighted by Gasteiger charge is -2.05. The maximum absolute atomic E-state index is 4.31. The molecular weight excluding hydrogens is 196 g/mol. The van der Waals surface area contributed by atoms with Crippen molar-refractivity contribution >= 4 is 0 Å². The molecule has 2 aromatic rings. The van der Waals surface area contributed by atoms with Crippen molar-refractivity contribution in [2.24, 2.45) is 0 Å². The Hall–Kier alpha value is -1.67. The van der Waals surface area contributed by atoms with Crippen LogP contribution in [0.25, 0.3) is 11.1 Å². The van der Waals surface area contributed by atoms with Gasteiger partial charge in [-0.1, -0.05) is 29.8 Å². The minimum Gasteiger partial charge on any atom is -0.314 e. The van der Waals surface area contributed by atoms with Crippen molar-refractivity contribution in [2.75, 3.05) is 7.05 Å². The molecule has 0 saturated heterocycles. The number of hydrogen-bond acceptors (Lipinski definition) is 2. The van der Waals surface area contributed by atoms with Crippen LogP contribution in [0.1, 0.15) is 11.3 Å². The first-order valence-corrected chi connectivity index (χ1v) is 5.46. The van der Waals surface area contributed by atoms with E-state index in [9.17, 15) is 0 Å². The van der Waals surface area contributed by atoms with Gasteiger partial charge in [0.25, 0.3) is 0 Å². The Morgan fingerprint density at radius 3 is 2.69 bits per heavy atom. The molecule has 0 fully saturated rings. The first kappa shape index (κ1) is 10.8. The Balaban J connectivity index is 2.36. The number of aromatic nitrogens is 1. The first-order valence-electron chi connectivity index (χ1n) is 5.46. The van der Waals surface area contributed by atoms with Gasteiger partial charge in [0.05, 0.1) is 5.69 Å². The summed E-state index contributed by atoms with van der Waals surface area (Å²) in [6.45, 7) is 2.92. The average molecular weight is 212 g/mol. The maximum Gasteiger partial charge on any atom is 0.0547 e. The molecule has 0 atom stereocenters. The Morgan fingerprint density at radius 1 is 1.12 bits per heavy atom. The van der Waals surface area contributed by atoms with E-state index >= 15 is 0 Å². The Morgan fingerprint density at radius 2 is 1.94 bits per heavy atom. The predicted molar refractivity (Wildman–Crippen MR) is 67.2 cm³/mol. The van der Waals surface area contributed by atoms with Gasteiger partial charge >= 0.3 is 0 Å². The molecular formula is C14H16N2. The van der Waals surface area contributed by atoms with Crippen molar-refractivity contribution < 1.29 is 0 Å². The maximum atomic E-state index is 4.31. The Bertz CT molecular complexity index is 478. The van der Waals surface area contributed by atoms with Gasteiger partial charge in [0.15, 0.2) is 0 Å². The van der Waals surface area contributed by atoms with E-state index in [2.05, 4.69) is 47.6 Å². The number of hydrogen-bond donors (Lipinski definition) is 1. The van der Waals surface area contributed by atoms with Crippen molar-refractivity contribution in [1.82, 2.24) is 10.3 Å². The first-order chi connectivity index (χ1) is 7.79. The van der Waals surface area contributed by atoms with Crippen molar-refractivity contribution in [3.05, 3.63) is 53.9 Å². The van der Waals surface area contributed by atoms with E-state index in [0.29, 0.717) is 0 Å². The van der Waals surface area contributed by atoms with Crippen LogP contribution in [0.3, 0.4) is 0 Å². The molecule has 2 heteroatoms. The standard InChI is InChI=1S/C14H16N2/c1-11-4-3-5-12(8-11)13-6-7-16-14(9-13)10-15-2/h3-9,15H,10H2,1-2H3. The van der Waals surface area contributed by atoms with Crippen LogP contribution in [0.2, 0.25) is 0 Å². The zero-order valence-corrected chi connectivity index (χ0v) is 9.70. The van der Waals surface area contributed by atoms with Crippen LogP contribution in [-0.4, -0.2) is 12.0 Å². The second kappa shape index (κ2) is 4.90. The van der Waals surface area contributed by atoms with Crippen LogP contribution in [0.4, 0.5) is 0 Å². The third-order valence-corrected chi connectivity index (χ3v) is 2.53. The topological polar surface area (TPSA) is 24.9 Å². The van der Waals surface area contributed by atoms with E-state index in [-0.39, 0.29) is 0 Å². The van der Waals surface area contributed by atoms with E-state index < -0.39 is 0 Å². The fourth-order valence-corrected chi connectivity index (χ4v) is 1.76. The van der Waals surface area contributed by atoms with Gasteiger partial charge < -0.3 is 5.32 Å². The van der Waals surface area contributed by atoms with Crippen molar-refractivity contribution in [1.29, 1.82) is 0 Å². The molecule has 1 aromatic heterocycles. The number of rotatable bonds is 3. The van der Waals surface area contributed by atoms with Gasteiger partial charge in [0.1, 0.15) is 0 Å². The van der Waals surface area contributed by atoms with Gasteiger partial charge in [-0.2, -0.15) is 0 Å². The van der Waals surface area contributed by atoms with Gasteiger partial charge in [-0.05, 0) is 37.2 Å². The molecule has 0 unspecified atom stereocenters. The zero-order valence-electron chi connectivity index (χ0n) is 9.70. The second-order valence-corrected chi connectivity index (χ2v) is 3.94. The Kier molecular flexibility index (Phi) is 3.32. The van der Waals surface area contributed by atoms with Gasteiger partial charge in [-0.25, -0.2) is 0 Å². The van der Waals surface area contributed by atoms with Gasteiger partial charge in [-0.15, -0.1) is 0 Å². The summed E-state index contributed by atoms with van der Waals surface area (Å²) in [7, 11) is 1.93. The van der Waals surface area contributed by atoms with Crippen molar-refractivity contribution in [3.63, 3.8) is 0 Å². The summed E-state index contributed by atoms with van der Waals surface area (Å²) in [6, 6.07) is 12.7. The molecule has 0 bridgehead atoms. The third kappa shape index (κ3) is 2.47. The normalized spacial score (nSPS) is 10.4. The summed E-state index contributed by atoms with van der Waals surface area (Å²) in [5, 5.41) is 3.11. The molecule has 0 spiro atoms. The molecule has 2 nitrogen and oxygen atoms in total. The number of pyridine rings is 1. The lowest BCUT2D eigenvalue weighted by Crippen LogP contribution is -2.06. The van der Waals surface area contributed by atoms with Gasteiger partial charge in [-0.3, -0.25) is 4.98 Å². The molecule has 1 heterocycles. The molecule has 82 valence electrons. The third-order valence-electron chi connectivity index (χ3n) is 2.53. The Labute approximate surface area is 96.4 Å². The van der Waals surface area contributed by atoms with Gasteiger partial charge in [0.2, 0.25) is 0 Å². The van der Waals surface area contributed by atoms with Crippen LogP contribution in [0, 0.1) is 6.92 Å². The van der Waals surface area contributed by atoms with Crippen LogP contribution >= 0.6 is 0 Å². The largest absolute Gasteiger partial charge is 0.314 e. The van der Waals surface area contributed by atoms with Crippen molar-refractivity contribution in [2.45, 2.75) is 13.5 Å². The fraction of sp³-hybridized carbons (Fsp3) is 0.214.